The van der Waals surface area contributed by atoms with Crippen LogP contribution in [0.15, 0.2) is 18.2 Å². The number of carbonyl (C=O) groups excluding carboxylic acids is 1. The monoisotopic (exact) mass is 197 g/mol. The summed E-state index contributed by atoms with van der Waals surface area (Å²) in [4.78, 5) is 10.8. The Morgan fingerprint density at radius 2 is 2.14 bits per heavy atom. The first-order valence-corrected chi connectivity index (χ1v) is 3.89. The van der Waals surface area contributed by atoms with Gasteiger partial charge in [0.1, 0.15) is 11.5 Å². The number of hydrogen-bond acceptors (Lipinski definition) is 4. The second-order valence-electron chi connectivity index (χ2n) is 2.50. The van der Waals surface area contributed by atoms with Gasteiger partial charge in [-0.15, -0.1) is 0 Å². The molecule has 1 aromatic carbocycles. The highest BCUT2D eigenvalue weighted by atomic mass is 16.5. The summed E-state index contributed by atoms with van der Waals surface area (Å²) >= 11 is 0. The number of methoxy groups -OCH3 is 2. The Kier molecular flexibility index (Phi) is 3.17. The molecule has 0 saturated heterocycles. The van der Waals surface area contributed by atoms with Crippen molar-refractivity contribution in [2.24, 2.45) is 0 Å². The molecule has 0 aromatic heterocycles. The Balaban J connectivity index is 2.89. The summed E-state index contributed by atoms with van der Waals surface area (Å²) in [5.41, 5.74) is 0.246. The van der Waals surface area contributed by atoms with Gasteiger partial charge in [0.25, 0.3) is 0 Å². The first-order valence-electron chi connectivity index (χ1n) is 3.89. The summed E-state index contributed by atoms with van der Waals surface area (Å²) in [6, 6.07) is 4.49. The number of hydrogen-bond donors (Lipinski definition) is 2. The van der Waals surface area contributed by atoms with Gasteiger partial charge in [0.2, 0.25) is 0 Å². The van der Waals surface area contributed by atoms with Crippen LogP contribution in [0.25, 0.3) is 0 Å². The van der Waals surface area contributed by atoms with Gasteiger partial charge in [-0.05, 0) is 12.1 Å². The molecule has 0 saturated carbocycles. The Morgan fingerprint density at radius 3 is 2.71 bits per heavy atom. The second-order valence-corrected chi connectivity index (χ2v) is 2.50. The van der Waals surface area contributed by atoms with Gasteiger partial charge in [0, 0.05) is 6.07 Å². The van der Waals surface area contributed by atoms with E-state index in [0.717, 1.165) is 0 Å². The van der Waals surface area contributed by atoms with E-state index in [-0.39, 0.29) is 11.4 Å². The lowest BCUT2D eigenvalue weighted by atomic mass is 10.3. The zero-order valence-electron chi connectivity index (χ0n) is 7.90. The molecule has 2 N–H and O–H groups in total. The van der Waals surface area contributed by atoms with E-state index in [1.165, 1.54) is 26.4 Å². The van der Waals surface area contributed by atoms with Crippen LogP contribution < -0.4 is 10.1 Å². The van der Waals surface area contributed by atoms with E-state index in [9.17, 15) is 9.90 Å². The molecular formula is C9H11NO4. The fourth-order valence-electron chi connectivity index (χ4n) is 0.903. The fraction of sp³-hybridized carbons (Fsp3) is 0.222. The average molecular weight is 197 g/mol. The second kappa shape index (κ2) is 4.36. The molecule has 1 amide bonds. The number of nitrogens with one attached hydrogen (secondary N) is 1. The van der Waals surface area contributed by atoms with Gasteiger partial charge in [0.15, 0.2) is 0 Å². The SMILES string of the molecule is COC(=O)Nc1cc(OC)ccc1O. The molecule has 0 unspecified atom stereocenters. The molecular weight excluding hydrogens is 186 g/mol. The van der Waals surface area contributed by atoms with Crippen LogP contribution in [-0.2, 0) is 4.74 Å². The smallest absolute Gasteiger partial charge is 0.411 e. The molecule has 14 heavy (non-hydrogen) atoms. The van der Waals surface area contributed by atoms with Gasteiger partial charge in [-0.1, -0.05) is 0 Å². The molecule has 1 aromatic rings. The number of phenolic OH excluding ortho intramolecular Hbond substituents is 1. The summed E-state index contributed by atoms with van der Waals surface area (Å²) in [5.74, 6) is 0.491. The maximum Gasteiger partial charge on any atom is 0.411 e. The Hall–Kier alpha value is -1.91. The maximum absolute atomic E-state index is 10.8. The number of amides is 1. The van der Waals surface area contributed by atoms with Gasteiger partial charge in [-0.2, -0.15) is 0 Å². The first-order chi connectivity index (χ1) is 6.67. The maximum atomic E-state index is 10.8. The number of rotatable bonds is 2. The quantitative estimate of drug-likeness (QED) is 0.706. The summed E-state index contributed by atoms with van der Waals surface area (Å²) in [5, 5.41) is 11.7. The highest BCUT2D eigenvalue weighted by molar-refractivity contribution is 5.86. The number of aromatic hydroxyl groups is 1. The lowest BCUT2D eigenvalue weighted by Crippen LogP contribution is -2.10. The topological polar surface area (TPSA) is 67.8 Å². The summed E-state index contributed by atoms with van der Waals surface area (Å²) in [7, 11) is 2.74. The lowest BCUT2D eigenvalue weighted by Gasteiger charge is -2.07. The Labute approximate surface area is 81.3 Å². The highest BCUT2D eigenvalue weighted by Crippen LogP contribution is 2.27. The fourth-order valence-corrected chi connectivity index (χ4v) is 0.903. The predicted molar refractivity (Wildman–Crippen MR) is 50.7 cm³/mol. The molecule has 0 aliphatic rings. The Bertz CT molecular complexity index is 338. The third-order valence-electron chi connectivity index (χ3n) is 1.63. The third kappa shape index (κ3) is 2.29. The van der Waals surface area contributed by atoms with Gasteiger partial charge in [-0.25, -0.2) is 4.79 Å². The average Bonchev–Trinajstić information content (AvgIpc) is 2.21. The van der Waals surface area contributed by atoms with E-state index < -0.39 is 6.09 Å². The van der Waals surface area contributed by atoms with E-state index in [0.29, 0.717) is 5.75 Å². The van der Waals surface area contributed by atoms with Crippen molar-refractivity contribution < 1.29 is 19.4 Å². The number of phenols is 1. The number of ether oxygens (including phenoxy) is 2. The van der Waals surface area contributed by atoms with E-state index in [4.69, 9.17) is 4.74 Å². The van der Waals surface area contributed by atoms with Crippen molar-refractivity contribution >= 4 is 11.8 Å². The van der Waals surface area contributed by atoms with Gasteiger partial charge in [-0.3, -0.25) is 5.32 Å². The molecule has 0 spiro atoms. The minimum atomic E-state index is -0.645. The predicted octanol–water partition coefficient (Wildman–Crippen LogP) is 1.58. The standard InChI is InChI=1S/C9H11NO4/c1-13-6-3-4-8(11)7(5-6)10-9(12)14-2/h3-5,11H,1-2H3,(H,10,12). The van der Waals surface area contributed by atoms with Gasteiger partial charge < -0.3 is 14.6 Å². The van der Waals surface area contributed by atoms with Crippen LogP contribution in [0.4, 0.5) is 10.5 Å². The van der Waals surface area contributed by atoms with Crippen LogP contribution >= 0.6 is 0 Å². The van der Waals surface area contributed by atoms with Crippen LogP contribution in [0.2, 0.25) is 0 Å². The zero-order valence-corrected chi connectivity index (χ0v) is 7.90. The van der Waals surface area contributed by atoms with Crippen molar-refractivity contribution in [2.45, 2.75) is 0 Å². The third-order valence-corrected chi connectivity index (χ3v) is 1.63. The van der Waals surface area contributed by atoms with Crippen LogP contribution in [-0.4, -0.2) is 25.4 Å². The van der Waals surface area contributed by atoms with E-state index >= 15 is 0 Å². The minimum Gasteiger partial charge on any atom is -0.506 e. The van der Waals surface area contributed by atoms with Gasteiger partial charge in [0.05, 0.1) is 19.9 Å². The number of benzene rings is 1. The van der Waals surface area contributed by atoms with Crippen molar-refractivity contribution in [1.29, 1.82) is 0 Å². The summed E-state index contributed by atoms with van der Waals surface area (Å²) in [6.07, 6.45) is -0.645. The molecule has 1 rings (SSSR count). The van der Waals surface area contributed by atoms with Crippen LogP contribution in [0.5, 0.6) is 11.5 Å². The van der Waals surface area contributed by atoms with E-state index in [2.05, 4.69) is 10.1 Å². The Morgan fingerprint density at radius 1 is 1.43 bits per heavy atom. The van der Waals surface area contributed by atoms with Crippen LogP contribution in [0.3, 0.4) is 0 Å². The number of anilines is 1. The molecule has 0 aliphatic heterocycles. The molecule has 0 atom stereocenters. The summed E-state index contributed by atoms with van der Waals surface area (Å²) in [6.45, 7) is 0. The lowest BCUT2D eigenvalue weighted by molar-refractivity contribution is 0.187. The molecule has 0 aliphatic carbocycles. The normalized spacial score (nSPS) is 9.29. The molecule has 76 valence electrons. The highest BCUT2D eigenvalue weighted by Gasteiger charge is 2.06. The van der Waals surface area contributed by atoms with E-state index in [1.807, 2.05) is 0 Å². The molecule has 0 heterocycles. The molecule has 0 radical (unpaired) electrons. The summed E-state index contributed by atoms with van der Waals surface area (Å²) < 4.78 is 9.30. The largest absolute Gasteiger partial charge is 0.506 e. The molecule has 5 nitrogen and oxygen atoms in total. The van der Waals surface area contributed by atoms with Gasteiger partial charge >= 0.3 is 6.09 Å². The van der Waals surface area contributed by atoms with Crippen molar-refractivity contribution in [3.8, 4) is 11.5 Å². The van der Waals surface area contributed by atoms with Crippen molar-refractivity contribution in [3.63, 3.8) is 0 Å². The zero-order chi connectivity index (χ0) is 10.6. The van der Waals surface area contributed by atoms with Crippen LogP contribution in [0.1, 0.15) is 0 Å². The molecule has 5 heteroatoms. The molecule has 0 bridgehead atoms. The van der Waals surface area contributed by atoms with Crippen molar-refractivity contribution in [1.82, 2.24) is 0 Å². The minimum absolute atomic E-state index is 0.0452. The molecule has 0 fully saturated rings. The first kappa shape index (κ1) is 10.2. The van der Waals surface area contributed by atoms with E-state index in [1.54, 1.807) is 6.07 Å². The number of carbonyl (C=O) groups is 1. The van der Waals surface area contributed by atoms with Crippen molar-refractivity contribution in [2.75, 3.05) is 19.5 Å². The van der Waals surface area contributed by atoms with Crippen molar-refractivity contribution in [3.05, 3.63) is 18.2 Å². The van der Waals surface area contributed by atoms with Crippen LogP contribution in [0, 0.1) is 0 Å².